The van der Waals surface area contributed by atoms with Gasteiger partial charge in [-0.3, -0.25) is 0 Å². The molecule has 0 aliphatic carbocycles. The molecule has 2 rings (SSSR count). The van der Waals surface area contributed by atoms with Gasteiger partial charge >= 0.3 is 5.97 Å². The van der Waals surface area contributed by atoms with E-state index in [2.05, 4.69) is 9.97 Å². The van der Waals surface area contributed by atoms with Crippen LogP contribution in [0.3, 0.4) is 0 Å². The Labute approximate surface area is 126 Å². The summed E-state index contributed by atoms with van der Waals surface area (Å²) < 4.78 is 5.23. The molecular weight excluding hydrogens is 298 g/mol. The Hall–Kier alpha value is -1.40. The molecule has 0 fully saturated rings. The van der Waals surface area contributed by atoms with E-state index in [9.17, 15) is 4.79 Å². The number of ether oxygens (including phenoxy) is 1. The summed E-state index contributed by atoms with van der Waals surface area (Å²) in [5.41, 5.74) is 0.769. The number of carbonyl (C=O) groups is 1. The van der Waals surface area contributed by atoms with Crippen LogP contribution >= 0.6 is 22.9 Å². The van der Waals surface area contributed by atoms with Crippen molar-refractivity contribution in [2.75, 3.05) is 19.0 Å². The predicted octanol–water partition coefficient (Wildman–Crippen LogP) is 3.28. The van der Waals surface area contributed by atoms with Crippen LogP contribution in [-0.2, 0) is 4.74 Å². The number of fused-ring (bicyclic) bond motifs is 1. The molecule has 20 heavy (non-hydrogen) atoms. The van der Waals surface area contributed by atoms with E-state index in [4.69, 9.17) is 16.3 Å². The third-order valence-electron chi connectivity index (χ3n) is 2.66. The minimum Gasteiger partial charge on any atom is -0.459 e. The molecule has 0 unspecified atom stereocenters. The first-order valence-corrected chi connectivity index (χ1v) is 7.35. The maximum Gasteiger partial charge on any atom is 0.348 e. The Balaban J connectivity index is 2.57. The zero-order chi connectivity index (χ0) is 15.0. The summed E-state index contributed by atoms with van der Waals surface area (Å²) in [4.78, 5) is 23.7. The van der Waals surface area contributed by atoms with Gasteiger partial charge in [0.1, 0.15) is 14.9 Å². The van der Waals surface area contributed by atoms with E-state index in [1.54, 1.807) is 4.90 Å². The first-order chi connectivity index (χ1) is 9.31. The molecule has 2 aromatic rings. The van der Waals surface area contributed by atoms with Crippen molar-refractivity contribution >= 4 is 45.1 Å². The molecule has 0 amide bonds. The van der Waals surface area contributed by atoms with Crippen molar-refractivity contribution in [1.29, 1.82) is 0 Å². The highest BCUT2D eigenvalue weighted by molar-refractivity contribution is 7.20. The van der Waals surface area contributed by atoms with Gasteiger partial charge in [0.15, 0.2) is 0 Å². The zero-order valence-electron chi connectivity index (χ0n) is 12.0. The van der Waals surface area contributed by atoms with Gasteiger partial charge in [0.2, 0.25) is 5.95 Å². The van der Waals surface area contributed by atoms with E-state index < -0.39 is 0 Å². The molecule has 2 aromatic heterocycles. The standard InChI is InChI=1S/C13H16ClN3O2S/c1-6(2)19-12(18)9-7(3)8-10(14)15-13(17(4)5)16-11(8)20-9/h6H,1-5H3. The molecule has 0 radical (unpaired) electrons. The topological polar surface area (TPSA) is 55.3 Å². The van der Waals surface area contributed by atoms with Crippen molar-refractivity contribution in [2.45, 2.75) is 26.9 Å². The monoisotopic (exact) mass is 313 g/mol. The molecular formula is C13H16ClN3O2S. The number of thiophene rings is 1. The van der Waals surface area contributed by atoms with Gasteiger partial charge in [0.05, 0.1) is 11.5 Å². The van der Waals surface area contributed by atoms with Crippen LogP contribution in [0.1, 0.15) is 29.1 Å². The Morgan fingerprint density at radius 2 is 2.00 bits per heavy atom. The van der Waals surface area contributed by atoms with Gasteiger partial charge < -0.3 is 9.64 Å². The lowest BCUT2D eigenvalue weighted by Crippen LogP contribution is -2.12. The van der Waals surface area contributed by atoms with E-state index in [0.29, 0.717) is 20.8 Å². The van der Waals surface area contributed by atoms with Crippen molar-refractivity contribution in [2.24, 2.45) is 0 Å². The molecule has 0 bridgehead atoms. The molecule has 0 aromatic carbocycles. The second kappa shape index (κ2) is 5.54. The molecule has 0 aliphatic heterocycles. The Bertz CT molecular complexity index is 667. The van der Waals surface area contributed by atoms with Crippen LogP contribution in [0.25, 0.3) is 10.2 Å². The minimum atomic E-state index is -0.344. The molecule has 0 N–H and O–H groups in total. The quantitative estimate of drug-likeness (QED) is 0.643. The van der Waals surface area contributed by atoms with Crippen LogP contribution in [-0.4, -0.2) is 36.1 Å². The van der Waals surface area contributed by atoms with Crippen molar-refractivity contribution in [3.8, 4) is 0 Å². The smallest absolute Gasteiger partial charge is 0.348 e. The van der Waals surface area contributed by atoms with Crippen LogP contribution in [0.15, 0.2) is 0 Å². The van der Waals surface area contributed by atoms with Crippen LogP contribution in [0.2, 0.25) is 5.15 Å². The van der Waals surface area contributed by atoms with Crippen LogP contribution in [0.4, 0.5) is 5.95 Å². The van der Waals surface area contributed by atoms with Gasteiger partial charge in [0, 0.05) is 14.1 Å². The van der Waals surface area contributed by atoms with E-state index in [1.807, 2.05) is 34.9 Å². The molecule has 0 saturated heterocycles. The SMILES string of the molecule is Cc1c(C(=O)OC(C)C)sc2nc(N(C)C)nc(Cl)c12. The second-order valence-electron chi connectivity index (χ2n) is 4.90. The molecule has 7 heteroatoms. The van der Waals surface area contributed by atoms with Gasteiger partial charge in [-0.2, -0.15) is 0 Å². The summed E-state index contributed by atoms with van der Waals surface area (Å²) in [5.74, 6) is 0.176. The average molecular weight is 314 g/mol. The largest absolute Gasteiger partial charge is 0.459 e. The number of hydrogen-bond acceptors (Lipinski definition) is 6. The summed E-state index contributed by atoms with van der Waals surface area (Å²) in [7, 11) is 3.68. The fraction of sp³-hybridized carbons (Fsp3) is 0.462. The summed E-state index contributed by atoms with van der Waals surface area (Å²) in [5, 5.41) is 1.08. The summed E-state index contributed by atoms with van der Waals surface area (Å²) in [6.45, 7) is 5.47. The highest BCUT2D eigenvalue weighted by Crippen LogP contribution is 2.35. The Morgan fingerprint density at radius 1 is 1.35 bits per heavy atom. The number of hydrogen-bond donors (Lipinski definition) is 0. The van der Waals surface area contributed by atoms with Gasteiger partial charge in [-0.1, -0.05) is 11.6 Å². The van der Waals surface area contributed by atoms with E-state index in [-0.39, 0.29) is 12.1 Å². The normalized spacial score (nSPS) is 11.2. The van der Waals surface area contributed by atoms with E-state index in [0.717, 1.165) is 10.9 Å². The number of nitrogens with zero attached hydrogens (tertiary/aromatic N) is 3. The Morgan fingerprint density at radius 3 is 2.55 bits per heavy atom. The van der Waals surface area contributed by atoms with Gasteiger partial charge in [-0.25, -0.2) is 14.8 Å². The van der Waals surface area contributed by atoms with E-state index in [1.165, 1.54) is 11.3 Å². The molecule has 108 valence electrons. The number of aromatic nitrogens is 2. The van der Waals surface area contributed by atoms with Gasteiger partial charge in [0.25, 0.3) is 0 Å². The number of anilines is 1. The minimum absolute atomic E-state index is 0.161. The van der Waals surface area contributed by atoms with Crippen LogP contribution < -0.4 is 4.90 Å². The van der Waals surface area contributed by atoms with Crippen molar-refractivity contribution in [3.05, 3.63) is 15.6 Å². The molecule has 5 nitrogen and oxygen atoms in total. The average Bonchev–Trinajstić information content (AvgIpc) is 2.66. The number of aryl methyl sites for hydroxylation is 1. The van der Waals surface area contributed by atoms with Crippen molar-refractivity contribution in [1.82, 2.24) is 9.97 Å². The molecule has 0 spiro atoms. The number of esters is 1. The van der Waals surface area contributed by atoms with Crippen LogP contribution in [0, 0.1) is 6.92 Å². The lowest BCUT2D eigenvalue weighted by atomic mass is 10.2. The van der Waals surface area contributed by atoms with Crippen molar-refractivity contribution < 1.29 is 9.53 Å². The summed E-state index contributed by atoms with van der Waals surface area (Å²) >= 11 is 7.50. The first-order valence-electron chi connectivity index (χ1n) is 6.16. The maximum atomic E-state index is 12.1. The third kappa shape index (κ3) is 2.71. The van der Waals surface area contributed by atoms with Crippen molar-refractivity contribution in [3.63, 3.8) is 0 Å². The third-order valence-corrected chi connectivity index (χ3v) is 4.10. The number of rotatable bonds is 3. The molecule has 0 atom stereocenters. The van der Waals surface area contributed by atoms with Gasteiger partial charge in [-0.15, -0.1) is 11.3 Å². The fourth-order valence-corrected chi connectivity index (χ4v) is 3.16. The van der Waals surface area contributed by atoms with Crippen LogP contribution in [0.5, 0.6) is 0 Å². The molecule has 0 aliphatic rings. The summed E-state index contributed by atoms with van der Waals surface area (Å²) in [6.07, 6.45) is -0.161. The highest BCUT2D eigenvalue weighted by atomic mass is 35.5. The second-order valence-corrected chi connectivity index (χ2v) is 6.26. The fourth-order valence-electron chi connectivity index (χ4n) is 1.74. The zero-order valence-corrected chi connectivity index (χ0v) is 13.6. The highest BCUT2D eigenvalue weighted by Gasteiger charge is 2.21. The lowest BCUT2D eigenvalue weighted by molar-refractivity contribution is 0.0383. The van der Waals surface area contributed by atoms with Gasteiger partial charge in [-0.05, 0) is 26.3 Å². The number of halogens is 1. The Kier molecular flexibility index (Phi) is 4.15. The van der Waals surface area contributed by atoms with E-state index >= 15 is 0 Å². The molecule has 2 heterocycles. The summed E-state index contributed by atoms with van der Waals surface area (Å²) in [6, 6.07) is 0. The number of carbonyl (C=O) groups excluding carboxylic acids is 1. The lowest BCUT2D eigenvalue weighted by Gasteiger charge is -2.09. The maximum absolute atomic E-state index is 12.1. The first kappa shape index (κ1) is 15.0. The molecule has 0 saturated carbocycles. The predicted molar refractivity (Wildman–Crippen MR) is 82.0 cm³/mol.